The first-order chi connectivity index (χ1) is 20.3. The molecule has 42 heavy (non-hydrogen) atoms. The molecule has 22 heteroatoms. The van der Waals surface area contributed by atoms with Crippen molar-refractivity contribution in [3.05, 3.63) is 22.8 Å². The molecule has 2 N–H and O–H groups in total. The van der Waals surface area contributed by atoms with Gasteiger partial charge in [-0.15, -0.1) is 20.4 Å². The van der Waals surface area contributed by atoms with Crippen LogP contribution < -0.4 is 10.6 Å². The highest BCUT2D eigenvalue weighted by atomic mass is 32.2. The molecule has 0 saturated carbocycles. The molecule has 0 unspecified atom stereocenters. The molecular formula is C20H22N12O6S4. The average Bonchev–Trinajstić information content (AvgIpc) is 3.79. The summed E-state index contributed by atoms with van der Waals surface area (Å²) in [6.07, 6.45) is 0. The fraction of sp³-hybridized carbons (Fsp3) is 0.400. The van der Waals surface area contributed by atoms with E-state index in [4.69, 9.17) is 9.47 Å². The third kappa shape index (κ3) is 6.71. The van der Waals surface area contributed by atoms with Gasteiger partial charge in [-0.3, -0.25) is 9.59 Å². The van der Waals surface area contributed by atoms with Gasteiger partial charge < -0.3 is 20.1 Å². The largest absolute Gasteiger partial charge is 0.461 e. The molecule has 4 rings (SSSR count). The lowest BCUT2D eigenvalue weighted by Crippen LogP contribution is -2.20. The normalized spacial score (nSPS) is 10.9. The lowest BCUT2D eigenvalue weighted by atomic mass is 10.4. The summed E-state index contributed by atoms with van der Waals surface area (Å²) in [4.78, 5) is 49.8. The second-order valence-electron chi connectivity index (χ2n) is 7.55. The van der Waals surface area contributed by atoms with Crippen LogP contribution in [0.5, 0.6) is 0 Å². The topological polar surface area (TPSA) is 224 Å². The van der Waals surface area contributed by atoms with Gasteiger partial charge in [-0.2, -0.15) is 0 Å². The Morgan fingerprint density at radius 1 is 0.690 bits per heavy atom. The molecular weight excluding hydrogens is 633 g/mol. The molecule has 0 aliphatic rings. The van der Waals surface area contributed by atoms with Gasteiger partial charge in [-0.25, -0.2) is 19.0 Å². The summed E-state index contributed by atoms with van der Waals surface area (Å²) in [5, 5.41) is 29.6. The van der Waals surface area contributed by atoms with Gasteiger partial charge in [-0.05, 0) is 36.9 Å². The van der Waals surface area contributed by atoms with Gasteiger partial charge >= 0.3 is 11.9 Å². The van der Waals surface area contributed by atoms with Crippen LogP contribution in [-0.4, -0.2) is 100 Å². The van der Waals surface area contributed by atoms with Crippen LogP contribution in [0, 0.1) is 0 Å². The van der Waals surface area contributed by atoms with Crippen molar-refractivity contribution in [1.82, 2.24) is 59.8 Å². The Labute approximate surface area is 253 Å². The van der Waals surface area contributed by atoms with E-state index in [0.29, 0.717) is 18.5 Å². The first-order valence-corrected chi connectivity index (χ1v) is 15.2. The van der Waals surface area contributed by atoms with Crippen LogP contribution >= 0.6 is 46.6 Å². The average molecular weight is 655 g/mol. The Kier molecular flexibility index (Phi) is 10.5. The fourth-order valence-electron chi connectivity index (χ4n) is 3.14. The summed E-state index contributed by atoms with van der Waals surface area (Å²) in [7, 11) is 2.90. The van der Waals surface area contributed by atoms with Crippen molar-refractivity contribution in [3.8, 4) is 0 Å². The molecule has 0 bridgehead atoms. The first kappa shape index (κ1) is 30.9. The van der Waals surface area contributed by atoms with E-state index in [9.17, 15) is 19.2 Å². The van der Waals surface area contributed by atoms with Crippen LogP contribution in [0.3, 0.4) is 0 Å². The number of nitrogens with zero attached hydrogens (tertiary/aromatic N) is 10. The van der Waals surface area contributed by atoms with E-state index in [0.717, 1.165) is 46.6 Å². The number of hydrogen-bond donors (Lipinski definition) is 2. The molecule has 4 aromatic heterocycles. The Balaban J connectivity index is 1.64. The number of nitrogens with one attached hydrogen (secondary N) is 2. The van der Waals surface area contributed by atoms with Gasteiger partial charge in [0.25, 0.3) is 11.8 Å². The van der Waals surface area contributed by atoms with Crippen molar-refractivity contribution in [2.24, 2.45) is 0 Å². The van der Waals surface area contributed by atoms with Crippen LogP contribution in [0.25, 0.3) is 0 Å². The minimum Gasteiger partial charge on any atom is -0.461 e. The molecule has 4 heterocycles. The van der Waals surface area contributed by atoms with Crippen molar-refractivity contribution >= 4 is 70.3 Å². The maximum absolute atomic E-state index is 12.6. The van der Waals surface area contributed by atoms with Gasteiger partial charge in [0.1, 0.15) is 18.5 Å². The molecule has 0 fully saturated rings. The quantitative estimate of drug-likeness (QED) is 0.189. The van der Waals surface area contributed by atoms with Gasteiger partial charge in [-0.1, -0.05) is 42.9 Å². The molecule has 0 radical (unpaired) electrons. The molecule has 0 aromatic carbocycles. The molecule has 0 saturated heterocycles. The summed E-state index contributed by atoms with van der Waals surface area (Å²) in [6.45, 7) is 3.87. The number of rotatable bonds is 13. The maximum Gasteiger partial charge on any atom is 0.361 e. The predicted molar refractivity (Wildman–Crippen MR) is 147 cm³/mol. The Bertz CT molecular complexity index is 1480. The Morgan fingerprint density at radius 3 is 1.45 bits per heavy atom. The van der Waals surface area contributed by atoms with Gasteiger partial charge in [0.2, 0.25) is 0 Å². The predicted octanol–water partition coefficient (Wildman–Crippen LogP) is 0.648. The molecule has 0 atom stereocenters. The number of aromatic nitrogens is 10. The van der Waals surface area contributed by atoms with Crippen molar-refractivity contribution in [2.45, 2.75) is 45.4 Å². The molecule has 2 amide bonds. The van der Waals surface area contributed by atoms with Crippen LogP contribution in [0.1, 0.15) is 55.8 Å². The second-order valence-corrected chi connectivity index (χ2v) is 11.6. The summed E-state index contributed by atoms with van der Waals surface area (Å²) in [6, 6.07) is 0. The van der Waals surface area contributed by atoms with Gasteiger partial charge in [0.05, 0.1) is 26.3 Å². The maximum atomic E-state index is 12.6. The van der Waals surface area contributed by atoms with E-state index < -0.39 is 23.8 Å². The zero-order valence-corrected chi connectivity index (χ0v) is 25.6. The van der Waals surface area contributed by atoms with E-state index in [1.54, 1.807) is 13.8 Å². The van der Waals surface area contributed by atoms with Crippen LogP contribution in [-0.2, 0) is 22.6 Å². The molecule has 0 spiro atoms. The van der Waals surface area contributed by atoms with Crippen LogP contribution in [0.15, 0.2) is 18.5 Å². The number of carbonyl (C=O) groups excluding carboxylic acids is 4. The Morgan fingerprint density at radius 2 is 1.10 bits per heavy atom. The van der Waals surface area contributed by atoms with Crippen LogP contribution in [0.4, 0.5) is 0 Å². The van der Waals surface area contributed by atoms with Crippen molar-refractivity contribution in [1.29, 1.82) is 0 Å². The highest BCUT2D eigenvalue weighted by Crippen LogP contribution is 2.36. The van der Waals surface area contributed by atoms with E-state index >= 15 is 0 Å². The number of amides is 2. The van der Waals surface area contributed by atoms with Crippen molar-refractivity contribution in [2.75, 3.05) is 27.3 Å². The summed E-state index contributed by atoms with van der Waals surface area (Å²) in [5.41, 5.74) is 0.0333. The fourth-order valence-corrected chi connectivity index (χ4v) is 6.64. The molecule has 0 aliphatic heterocycles. The summed E-state index contributed by atoms with van der Waals surface area (Å²) >= 11 is 3.97. The third-order valence-electron chi connectivity index (χ3n) is 5.02. The zero-order valence-electron chi connectivity index (χ0n) is 22.4. The van der Waals surface area contributed by atoms with Crippen LogP contribution in [0.2, 0.25) is 0 Å². The number of esters is 2. The summed E-state index contributed by atoms with van der Waals surface area (Å²) in [5.74, 6) is -2.30. The molecule has 0 aliphatic carbocycles. The SMILES string of the molecule is CCOC(=O)c1nnsc1Sc1c(C(=O)NC)nnn1CCn1nnc(C(=O)NC)c1Sc1snnc1C(=O)OCC. The van der Waals surface area contributed by atoms with E-state index in [2.05, 4.69) is 50.4 Å². The lowest BCUT2D eigenvalue weighted by molar-refractivity contribution is 0.0506. The number of aryl methyl sites for hydroxylation is 2. The monoisotopic (exact) mass is 654 g/mol. The summed E-state index contributed by atoms with van der Waals surface area (Å²) < 4.78 is 21.4. The minimum absolute atomic E-state index is 0.00297. The molecule has 18 nitrogen and oxygen atoms in total. The standard InChI is InChI=1S/C20H22N12O6S4/c1-5-37-17(35)11-19(41-29-25-11)39-15-9(13(33)21-3)23-27-31(15)7-8-32-16(10(24-28-32)14(34)22-4)40-20-12(26-30-42-20)18(36)38-6-2/h5-8H2,1-4H3,(H,21,33)(H,22,34). The Hall–Kier alpha value is -4.02. The van der Waals surface area contributed by atoms with Gasteiger partial charge in [0.15, 0.2) is 22.8 Å². The first-order valence-electron chi connectivity index (χ1n) is 12.0. The number of carbonyl (C=O) groups is 4. The highest BCUT2D eigenvalue weighted by Gasteiger charge is 2.28. The second kappa shape index (κ2) is 14.2. The zero-order chi connectivity index (χ0) is 30.2. The minimum atomic E-state index is -0.653. The van der Waals surface area contributed by atoms with E-state index in [1.165, 1.54) is 23.5 Å². The molecule has 222 valence electrons. The van der Waals surface area contributed by atoms with Crippen molar-refractivity contribution < 1.29 is 28.7 Å². The van der Waals surface area contributed by atoms with E-state index in [-0.39, 0.29) is 49.1 Å². The number of ether oxygens (including phenoxy) is 2. The lowest BCUT2D eigenvalue weighted by Gasteiger charge is -2.09. The smallest absolute Gasteiger partial charge is 0.361 e. The highest BCUT2D eigenvalue weighted by molar-refractivity contribution is 8.01. The molecule has 4 aromatic rings. The third-order valence-corrected chi connectivity index (χ3v) is 8.96. The number of hydrogen-bond acceptors (Lipinski definition) is 18. The van der Waals surface area contributed by atoms with Crippen molar-refractivity contribution in [3.63, 3.8) is 0 Å². The van der Waals surface area contributed by atoms with E-state index in [1.807, 2.05) is 0 Å². The van der Waals surface area contributed by atoms with Gasteiger partial charge in [0, 0.05) is 14.1 Å².